The summed E-state index contributed by atoms with van der Waals surface area (Å²) >= 11 is 0. The van der Waals surface area contributed by atoms with E-state index in [0.717, 1.165) is 12.5 Å². The molecule has 0 saturated heterocycles. The zero-order chi connectivity index (χ0) is 11.9. The Labute approximate surface area is 90.3 Å². The lowest BCUT2D eigenvalue weighted by atomic mass is 9.86. The Morgan fingerprint density at radius 3 is 2.56 bits per heavy atom. The summed E-state index contributed by atoms with van der Waals surface area (Å²) < 4.78 is 50.9. The third kappa shape index (κ3) is 1.91. The number of alkyl halides is 3. The van der Waals surface area contributed by atoms with Crippen molar-refractivity contribution in [3.8, 4) is 0 Å². The number of hydrogen-bond donors (Lipinski definition) is 1. The Morgan fingerprint density at radius 2 is 1.94 bits per heavy atom. The predicted octanol–water partition coefficient (Wildman–Crippen LogP) is 3.18. The lowest BCUT2D eigenvalue weighted by molar-refractivity contribution is -0.137. The van der Waals surface area contributed by atoms with Gasteiger partial charge in [0, 0.05) is 6.04 Å². The summed E-state index contributed by atoms with van der Waals surface area (Å²) in [5.41, 5.74) is 5.38. The van der Waals surface area contributed by atoms with E-state index in [2.05, 4.69) is 0 Å². The smallest absolute Gasteiger partial charge is 0.324 e. The van der Waals surface area contributed by atoms with Gasteiger partial charge in [-0.1, -0.05) is 0 Å². The van der Waals surface area contributed by atoms with E-state index < -0.39 is 23.6 Å². The standard InChI is InChI=1S/C11H11F4N/c12-9-5-6(11(13,14)15)4-8-7(9)2-1-3-10(8)16/h4-5,10H,1-3,16H2/t10-/m0/s1. The summed E-state index contributed by atoms with van der Waals surface area (Å²) in [6.07, 6.45) is -2.73. The van der Waals surface area contributed by atoms with Crippen LogP contribution >= 0.6 is 0 Å². The molecule has 1 atom stereocenters. The van der Waals surface area contributed by atoms with Crippen LogP contribution in [0.2, 0.25) is 0 Å². The van der Waals surface area contributed by atoms with Gasteiger partial charge in [0.1, 0.15) is 5.82 Å². The van der Waals surface area contributed by atoms with Gasteiger partial charge in [-0.15, -0.1) is 0 Å². The zero-order valence-electron chi connectivity index (χ0n) is 8.44. The molecule has 0 fully saturated rings. The van der Waals surface area contributed by atoms with Gasteiger partial charge in [-0.3, -0.25) is 0 Å². The Morgan fingerprint density at radius 1 is 1.25 bits per heavy atom. The highest BCUT2D eigenvalue weighted by molar-refractivity contribution is 5.38. The molecule has 0 bridgehead atoms. The molecule has 5 heteroatoms. The van der Waals surface area contributed by atoms with Crippen LogP contribution in [0.3, 0.4) is 0 Å². The monoisotopic (exact) mass is 233 g/mol. The van der Waals surface area contributed by atoms with E-state index in [1.807, 2.05) is 0 Å². The van der Waals surface area contributed by atoms with E-state index in [1.165, 1.54) is 0 Å². The normalized spacial score (nSPS) is 20.7. The molecule has 0 spiro atoms. The summed E-state index contributed by atoms with van der Waals surface area (Å²) in [5, 5.41) is 0. The van der Waals surface area contributed by atoms with Gasteiger partial charge in [-0.05, 0) is 42.5 Å². The number of nitrogens with two attached hydrogens (primary N) is 1. The first-order valence-corrected chi connectivity index (χ1v) is 5.04. The van der Waals surface area contributed by atoms with Crippen LogP contribution in [-0.2, 0) is 12.6 Å². The number of halogens is 4. The summed E-state index contributed by atoms with van der Waals surface area (Å²) in [4.78, 5) is 0. The minimum absolute atomic E-state index is 0.304. The summed E-state index contributed by atoms with van der Waals surface area (Å²) in [6.45, 7) is 0. The molecule has 16 heavy (non-hydrogen) atoms. The molecule has 0 radical (unpaired) electrons. The highest BCUT2D eigenvalue weighted by atomic mass is 19.4. The predicted molar refractivity (Wildman–Crippen MR) is 51.3 cm³/mol. The molecule has 2 N–H and O–H groups in total. The average Bonchev–Trinajstić information content (AvgIpc) is 2.18. The molecule has 0 amide bonds. The van der Waals surface area contributed by atoms with Crippen LogP contribution < -0.4 is 5.73 Å². The fourth-order valence-corrected chi connectivity index (χ4v) is 2.07. The number of fused-ring (bicyclic) bond motifs is 1. The van der Waals surface area contributed by atoms with Crippen LogP contribution in [0.25, 0.3) is 0 Å². The Kier molecular flexibility index (Phi) is 2.66. The van der Waals surface area contributed by atoms with Crippen molar-refractivity contribution >= 4 is 0 Å². The molecule has 1 aliphatic rings. The second-order valence-corrected chi connectivity index (χ2v) is 4.02. The molecule has 1 aromatic carbocycles. The minimum Gasteiger partial charge on any atom is -0.324 e. The molecular weight excluding hydrogens is 222 g/mol. The second-order valence-electron chi connectivity index (χ2n) is 4.02. The van der Waals surface area contributed by atoms with Crippen molar-refractivity contribution in [2.75, 3.05) is 0 Å². The fourth-order valence-electron chi connectivity index (χ4n) is 2.07. The highest BCUT2D eigenvalue weighted by Gasteiger charge is 2.33. The van der Waals surface area contributed by atoms with Crippen molar-refractivity contribution < 1.29 is 17.6 Å². The van der Waals surface area contributed by atoms with Gasteiger partial charge < -0.3 is 5.73 Å². The molecule has 1 aliphatic carbocycles. The summed E-state index contributed by atoms with van der Waals surface area (Å²) in [5.74, 6) is -0.792. The molecule has 0 aliphatic heterocycles. The fraction of sp³-hybridized carbons (Fsp3) is 0.455. The van der Waals surface area contributed by atoms with Gasteiger partial charge >= 0.3 is 6.18 Å². The molecule has 1 aromatic rings. The van der Waals surface area contributed by atoms with Gasteiger partial charge in [0.15, 0.2) is 0 Å². The maximum atomic E-state index is 13.5. The maximum Gasteiger partial charge on any atom is 0.416 e. The van der Waals surface area contributed by atoms with Crippen molar-refractivity contribution in [3.05, 3.63) is 34.6 Å². The summed E-state index contributed by atoms with van der Waals surface area (Å²) in [6, 6.07) is 1.04. The van der Waals surface area contributed by atoms with E-state index in [9.17, 15) is 17.6 Å². The van der Waals surface area contributed by atoms with Gasteiger partial charge in [0.25, 0.3) is 0 Å². The number of rotatable bonds is 0. The van der Waals surface area contributed by atoms with Gasteiger partial charge in [0.05, 0.1) is 5.56 Å². The second kappa shape index (κ2) is 3.73. The molecule has 88 valence electrons. The molecular formula is C11H11F4N. The highest BCUT2D eigenvalue weighted by Crippen LogP contribution is 2.36. The third-order valence-corrected chi connectivity index (χ3v) is 2.90. The molecule has 0 unspecified atom stereocenters. The Bertz CT molecular complexity index is 411. The van der Waals surface area contributed by atoms with Crippen molar-refractivity contribution in [2.45, 2.75) is 31.5 Å². The first kappa shape index (κ1) is 11.4. The van der Waals surface area contributed by atoms with E-state index in [0.29, 0.717) is 30.0 Å². The minimum atomic E-state index is -4.52. The Hall–Kier alpha value is -1.10. The first-order valence-electron chi connectivity index (χ1n) is 5.04. The number of hydrogen-bond acceptors (Lipinski definition) is 1. The zero-order valence-corrected chi connectivity index (χ0v) is 8.44. The topological polar surface area (TPSA) is 26.0 Å². The van der Waals surface area contributed by atoms with E-state index in [4.69, 9.17) is 5.73 Å². The van der Waals surface area contributed by atoms with Gasteiger partial charge in [-0.25, -0.2) is 4.39 Å². The maximum absolute atomic E-state index is 13.5. The molecule has 1 nitrogen and oxygen atoms in total. The van der Waals surface area contributed by atoms with Crippen molar-refractivity contribution in [1.82, 2.24) is 0 Å². The Balaban J connectivity index is 2.55. The molecule has 0 saturated carbocycles. The van der Waals surface area contributed by atoms with E-state index in [-0.39, 0.29) is 0 Å². The lowest BCUT2D eigenvalue weighted by Crippen LogP contribution is -2.20. The quantitative estimate of drug-likeness (QED) is 0.684. The average molecular weight is 233 g/mol. The molecule has 0 heterocycles. The van der Waals surface area contributed by atoms with Crippen LogP contribution in [0.15, 0.2) is 12.1 Å². The van der Waals surface area contributed by atoms with Crippen LogP contribution in [0.1, 0.15) is 35.6 Å². The van der Waals surface area contributed by atoms with Crippen LogP contribution in [0.5, 0.6) is 0 Å². The van der Waals surface area contributed by atoms with Crippen LogP contribution in [-0.4, -0.2) is 0 Å². The van der Waals surface area contributed by atoms with Crippen LogP contribution in [0.4, 0.5) is 17.6 Å². The van der Waals surface area contributed by atoms with Crippen molar-refractivity contribution in [2.24, 2.45) is 5.73 Å². The first-order chi connectivity index (χ1) is 7.39. The third-order valence-electron chi connectivity index (χ3n) is 2.90. The van der Waals surface area contributed by atoms with E-state index >= 15 is 0 Å². The van der Waals surface area contributed by atoms with Crippen molar-refractivity contribution in [3.63, 3.8) is 0 Å². The number of benzene rings is 1. The van der Waals surface area contributed by atoms with E-state index in [1.54, 1.807) is 0 Å². The SMILES string of the molecule is N[C@H]1CCCc2c(F)cc(C(F)(F)F)cc21. The summed E-state index contributed by atoms with van der Waals surface area (Å²) in [7, 11) is 0. The van der Waals surface area contributed by atoms with Crippen molar-refractivity contribution in [1.29, 1.82) is 0 Å². The van der Waals surface area contributed by atoms with Gasteiger partial charge in [-0.2, -0.15) is 13.2 Å². The lowest BCUT2D eigenvalue weighted by Gasteiger charge is -2.24. The molecule has 2 rings (SSSR count). The van der Waals surface area contributed by atoms with Crippen LogP contribution in [0, 0.1) is 5.82 Å². The molecule has 0 aromatic heterocycles. The largest absolute Gasteiger partial charge is 0.416 e. The van der Waals surface area contributed by atoms with Gasteiger partial charge in [0.2, 0.25) is 0 Å².